The molecule has 1 atom stereocenters. The third kappa shape index (κ3) is 2.45. The average molecular weight is 238 g/mol. The minimum absolute atomic E-state index is 0.378. The van der Waals surface area contributed by atoms with Crippen molar-refractivity contribution in [2.75, 3.05) is 0 Å². The molecule has 2 rings (SSSR count). The molecule has 0 fully saturated rings. The lowest BCUT2D eigenvalue weighted by Gasteiger charge is -2.11. The van der Waals surface area contributed by atoms with E-state index in [0.717, 1.165) is 18.3 Å². The van der Waals surface area contributed by atoms with Crippen molar-refractivity contribution in [2.24, 2.45) is 5.73 Å². The van der Waals surface area contributed by atoms with Crippen LogP contribution in [0.4, 0.5) is 13.2 Å². The molecule has 1 heterocycles. The number of benzene rings is 1. The largest absolute Gasteiger partial charge is 0.319 e. The SMILES string of the molecule is NC(c1ccc(F)c(F)c1)c1ccc(F)cn1. The second-order valence-electron chi connectivity index (χ2n) is 3.55. The first-order chi connectivity index (χ1) is 8.08. The molecule has 0 saturated heterocycles. The first-order valence-corrected chi connectivity index (χ1v) is 4.90. The zero-order valence-corrected chi connectivity index (χ0v) is 8.70. The summed E-state index contributed by atoms with van der Waals surface area (Å²) in [6, 6.07) is 5.27. The highest BCUT2D eigenvalue weighted by Gasteiger charge is 2.12. The van der Waals surface area contributed by atoms with Gasteiger partial charge in [-0.3, -0.25) is 4.98 Å². The Hall–Kier alpha value is -1.88. The van der Waals surface area contributed by atoms with E-state index in [1.807, 2.05) is 0 Å². The van der Waals surface area contributed by atoms with Crippen LogP contribution in [0.2, 0.25) is 0 Å². The van der Waals surface area contributed by atoms with Gasteiger partial charge in [0.15, 0.2) is 11.6 Å². The Morgan fingerprint density at radius 1 is 1.00 bits per heavy atom. The molecule has 0 aliphatic rings. The summed E-state index contributed by atoms with van der Waals surface area (Å²) in [6.07, 6.45) is 1.02. The predicted molar refractivity (Wildman–Crippen MR) is 56.6 cm³/mol. The standard InChI is InChI=1S/C12H9F3N2/c13-8-2-4-11(17-6-8)12(16)7-1-3-9(14)10(15)5-7/h1-6,12H,16H2. The molecule has 88 valence electrons. The van der Waals surface area contributed by atoms with E-state index in [4.69, 9.17) is 5.73 Å². The summed E-state index contributed by atoms with van der Waals surface area (Å²) in [5, 5.41) is 0. The Morgan fingerprint density at radius 2 is 1.76 bits per heavy atom. The number of nitrogens with two attached hydrogens (primary N) is 1. The third-order valence-corrected chi connectivity index (χ3v) is 2.37. The maximum atomic E-state index is 13.0. The zero-order valence-electron chi connectivity index (χ0n) is 8.70. The van der Waals surface area contributed by atoms with Crippen LogP contribution in [-0.4, -0.2) is 4.98 Å². The molecule has 5 heteroatoms. The predicted octanol–water partition coefficient (Wildman–Crippen LogP) is 2.55. The fourth-order valence-electron chi connectivity index (χ4n) is 1.45. The minimum atomic E-state index is -0.972. The molecule has 1 aromatic carbocycles. The van der Waals surface area contributed by atoms with Crippen LogP contribution >= 0.6 is 0 Å². The molecule has 2 aromatic rings. The number of aromatic nitrogens is 1. The quantitative estimate of drug-likeness (QED) is 0.873. The minimum Gasteiger partial charge on any atom is -0.319 e. The summed E-state index contributed by atoms with van der Waals surface area (Å²) >= 11 is 0. The molecule has 0 saturated carbocycles. The number of hydrogen-bond donors (Lipinski definition) is 1. The Balaban J connectivity index is 2.33. The molecular weight excluding hydrogens is 229 g/mol. The van der Waals surface area contributed by atoms with Crippen molar-refractivity contribution in [3.63, 3.8) is 0 Å². The molecule has 17 heavy (non-hydrogen) atoms. The van der Waals surface area contributed by atoms with E-state index in [2.05, 4.69) is 4.98 Å². The third-order valence-electron chi connectivity index (χ3n) is 2.37. The lowest BCUT2D eigenvalue weighted by Crippen LogP contribution is -2.14. The van der Waals surface area contributed by atoms with Gasteiger partial charge in [-0.1, -0.05) is 6.07 Å². The normalized spacial score (nSPS) is 12.5. The fraction of sp³-hybridized carbons (Fsp3) is 0.0833. The summed E-state index contributed by atoms with van der Waals surface area (Å²) in [7, 11) is 0. The van der Waals surface area contributed by atoms with Gasteiger partial charge >= 0.3 is 0 Å². The number of rotatable bonds is 2. The van der Waals surface area contributed by atoms with Crippen molar-refractivity contribution in [1.29, 1.82) is 0 Å². The number of nitrogens with zero attached hydrogens (tertiary/aromatic N) is 1. The van der Waals surface area contributed by atoms with Gasteiger partial charge in [0.05, 0.1) is 17.9 Å². The Kier molecular flexibility index (Phi) is 3.10. The number of hydrogen-bond acceptors (Lipinski definition) is 2. The van der Waals surface area contributed by atoms with Crippen molar-refractivity contribution in [1.82, 2.24) is 4.98 Å². The molecule has 2 nitrogen and oxygen atoms in total. The molecule has 1 unspecified atom stereocenters. The van der Waals surface area contributed by atoms with E-state index < -0.39 is 23.5 Å². The van der Waals surface area contributed by atoms with Crippen molar-refractivity contribution in [3.05, 3.63) is 65.2 Å². The molecule has 1 aromatic heterocycles. The van der Waals surface area contributed by atoms with Gasteiger partial charge in [0.1, 0.15) is 5.82 Å². The maximum Gasteiger partial charge on any atom is 0.159 e. The van der Waals surface area contributed by atoms with Crippen molar-refractivity contribution < 1.29 is 13.2 Å². The highest BCUT2D eigenvalue weighted by atomic mass is 19.2. The van der Waals surface area contributed by atoms with Gasteiger partial charge < -0.3 is 5.73 Å². The highest BCUT2D eigenvalue weighted by molar-refractivity contribution is 5.28. The topological polar surface area (TPSA) is 38.9 Å². The van der Waals surface area contributed by atoms with Crippen molar-refractivity contribution in [3.8, 4) is 0 Å². The first-order valence-electron chi connectivity index (χ1n) is 4.90. The number of pyridine rings is 1. The van der Waals surface area contributed by atoms with Crippen LogP contribution in [0.3, 0.4) is 0 Å². The van der Waals surface area contributed by atoms with E-state index in [1.54, 1.807) is 0 Å². The molecule has 2 N–H and O–H groups in total. The smallest absolute Gasteiger partial charge is 0.159 e. The number of halogens is 3. The lowest BCUT2D eigenvalue weighted by atomic mass is 10.0. The first kappa shape index (κ1) is 11.6. The van der Waals surface area contributed by atoms with Gasteiger partial charge in [0, 0.05) is 0 Å². The van der Waals surface area contributed by atoms with Crippen LogP contribution < -0.4 is 5.73 Å². The molecule has 0 aliphatic carbocycles. The summed E-state index contributed by atoms with van der Waals surface area (Å²) in [5.74, 6) is -2.39. The summed E-state index contributed by atoms with van der Waals surface area (Å²) in [6.45, 7) is 0. The van der Waals surface area contributed by atoms with Gasteiger partial charge in [-0.05, 0) is 29.8 Å². The monoisotopic (exact) mass is 238 g/mol. The molecule has 0 amide bonds. The van der Waals surface area contributed by atoms with Crippen LogP contribution in [-0.2, 0) is 0 Å². The zero-order chi connectivity index (χ0) is 12.4. The lowest BCUT2D eigenvalue weighted by molar-refractivity contribution is 0.506. The van der Waals surface area contributed by atoms with E-state index in [9.17, 15) is 13.2 Å². The van der Waals surface area contributed by atoms with Gasteiger partial charge in [-0.2, -0.15) is 0 Å². The van der Waals surface area contributed by atoms with E-state index in [1.165, 1.54) is 18.2 Å². The molecule has 0 bridgehead atoms. The molecule has 0 aliphatic heterocycles. The molecule has 0 spiro atoms. The van der Waals surface area contributed by atoms with Crippen molar-refractivity contribution in [2.45, 2.75) is 6.04 Å². The average Bonchev–Trinajstić information content (AvgIpc) is 2.33. The second kappa shape index (κ2) is 4.55. The van der Waals surface area contributed by atoms with E-state index in [-0.39, 0.29) is 0 Å². The van der Waals surface area contributed by atoms with Gasteiger partial charge in [-0.15, -0.1) is 0 Å². The van der Waals surface area contributed by atoms with Crippen LogP contribution in [0.15, 0.2) is 36.5 Å². The van der Waals surface area contributed by atoms with Crippen LogP contribution in [0.25, 0.3) is 0 Å². The summed E-state index contributed by atoms with van der Waals surface area (Å²) < 4.78 is 38.4. The van der Waals surface area contributed by atoms with E-state index >= 15 is 0 Å². The van der Waals surface area contributed by atoms with Gasteiger partial charge in [-0.25, -0.2) is 13.2 Å². The van der Waals surface area contributed by atoms with Gasteiger partial charge in [0.2, 0.25) is 0 Å². The van der Waals surface area contributed by atoms with E-state index in [0.29, 0.717) is 11.3 Å². The summed E-state index contributed by atoms with van der Waals surface area (Å²) in [5.41, 5.74) is 6.58. The Labute approximate surface area is 95.9 Å². The molecule has 0 radical (unpaired) electrons. The molecular formula is C12H9F3N2. The van der Waals surface area contributed by atoms with Gasteiger partial charge in [0.25, 0.3) is 0 Å². The highest BCUT2D eigenvalue weighted by Crippen LogP contribution is 2.19. The van der Waals surface area contributed by atoms with Crippen LogP contribution in [0.5, 0.6) is 0 Å². The Bertz CT molecular complexity index is 526. The maximum absolute atomic E-state index is 13.0. The second-order valence-corrected chi connectivity index (χ2v) is 3.55. The Morgan fingerprint density at radius 3 is 2.35 bits per heavy atom. The van der Waals surface area contributed by atoms with Crippen molar-refractivity contribution >= 4 is 0 Å². The summed E-state index contributed by atoms with van der Waals surface area (Å²) in [4.78, 5) is 3.79. The van der Waals surface area contributed by atoms with Crippen LogP contribution in [0, 0.1) is 17.5 Å². The fourth-order valence-corrected chi connectivity index (χ4v) is 1.45. The van der Waals surface area contributed by atoms with Crippen LogP contribution in [0.1, 0.15) is 17.3 Å².